The lowest BCUT2D eigenvalue weighted by Crippen LogP contribution is -2.42. The van der Waals surface area contributed by atoms with E-state index >= 15 is 0 Å². The fourth-order valence-electron chi connectivity index (χ4n) is 3.53. The second-order valence-electron chi connectivity index (χ2n) is 7.27. The second-order valence-corrected chi connectivity index (χ2v) is 7.27. The third-order valence-corrected chi connectivity index (χ3v) is 5.12. The first-order valence-electron chi connectivity index (χ1n) is 9.99. The van der Waals surface area contributed by atoms with E-state index in [4.69, 9.17) is 9.47 Å². The molecular weight excluding hydrogens is 378 g/mol. The summed E-state index contributed by atoms with van der Waals surface area (Å²) in [5.74, 6) is 0.473. The number of fused-ring (bicyclic) bond motifs is 1. The van der Waals surface area contributed by atoms with Gasteiger partial charge in [0.1, 0.15) is 11.5 Å². The van der Waals surface area contributed by atoms with E-state index in [1.54, 1.807) is 36.1 Å². The zero-order valence-corrected chi connectivity index (χ0v) is 16.8. The van der Waals surface area contributed by atoms with E-state index in [1.807, 2.05) is 48.5 Å². The van der Waals surface area contributed by atoms with E-state index in [2.05, 4.69) is 6.07 Å². The molecule has 1 atom stereocenters. The van der Waals surface area contributed by atoms with E-state index < -0.39 is 12.1 Å². The standard InChI is InChI=1S/C25H23NO4/c1-18(24(27)26-15-14-19-8-5-6-9-21(19)17-26)29-25(28)20-10-7-13-23(16-20)30-22-11-3-2-4-12-22/h2-13,16,18H,14-15,17H2,1H3/t18-/m1/s1. The molecule has 0 saturated heterocycles. The SMILES string of the molecule is C[C@@H](OC(=O)c1cccc(Oc2ccccc2)c1)C(=O)N1CCc2ccccc2C1. The Kier molecular flexibility index (Phi) is 5.80. The lowest BCUT2D eigenvalue weighted by atomic mass is 9.99. The molecule has 0 fully saturated rings. The minimum absolute atomic E-state index is 0.186. The van der Waals surface area contributed by atoms with Gasteiger partial charge in [0.05, 0.1) is 5.56 Å². The normalized spacial score (nSPS) is 13.8. The molecule has 0 saturated carbocycles. The third-order valence-electron chi connectivity index (χ3n) is 5.12. The summed E-state index contributed by atoms with van der Waals surface area (Å²) in [5.41, 5.74) is 2.75. The van der Waals surface area contributed by atoms with Crippen LogP contribution in [0, 0.1) is 0 Å². The van der Waals surface area contributed by atoms with Gasteiger partial charge in [0, 0.05) is 13.1 Å². The number of rotatable bonds is 5. The van der Waals surface area contributed by atoms with Gasteiger partial charge in [-0.2, -0.15) is 0 Å². The number of para-hydroxylation sites is 1. The zero-order chi connectivity index (χ0) is 20.9. The van der Waals surface area contributed by atoms with Gasteiger partial charge in [0.25, 0.3) is 5.91 Å². The molecule has 5 heteroatoms. The van der Waals surface area contributed by atoms with Gasteiger partial charge in [0.15, 0.2) is 6.10 Å². The molecule has 3 aromatic rings. The van der Waals surface area contributed by atoms with Gasteiger partial charge in [-0.25, -0.2) is 4.79 Å². The molecule has 1 aliphatic heterocycles. The average Bonchev–Trinajstić information content (AvgIpc) is 2.79. The number of hydrogen-bond donors (Lipinski definition) is 0. The lowest BCUT2D eigenvalue weighted by molar-refractivity contribution is -0.140. The number of esters is 1. The monoisotopic (exact) mass is 401 g/mol. The molecule has 5 nitrogen and oxygen atoms in total. The Hall–Kier alpha value is -3.60. The van der Waals surface area contributed by atoms with Crippen LogP contribution in [0.1, 0.15) is 28.4 Å². The molecule has 3 aromatic carbocycles. The van der Waals surface area contributed by atoms with Crippen molar-refractivity contribution in [3.8, 4) is 11.5 Å². The van der Waals surface area contributed by atoms with E-state index in [0.717, 1.165) is 12.0 Å². The van der Waals surface area contributed by atoms with Crippen molar-refractivity contribution in [2.45, 2.75) is 26.0 Å². The van der Waals surface area contributed by atoms with Crippen LogP contribution >= 0.6 is 0 Å². The fourth-order valence-corrected chi connectivity index (χ4v) is 3.53. The molecule has 0 aliphatic carbocycles. The van der Waals surface area contributed by atoms with Gasteiger partial charge in [-0.3, -0.25) is 4.79 Å². The molecule has 0 unspecified atom stereocenters. The van der Waals surface area contributed by atoms with Crippen molar-refractivity contribution in [2.75, 3.05) is 6.54 Å². The first kappa shape index (κ1) is 19.7. The van der Waals surface area contributed by atoms with Crippen molar-refractivity contribution in [3.05, 3.63) is 95.6 Å². The summed E-state index contributed by atoms with van der Waals surface area (Å²) >= 11 is 0. The summed E-state index contributed by atoms with van der Waals surface area (Å²) < 4.78 is 11.2. The van der Waals surface area contributed by atoms with Gasteiger partial charge < -0.3 is 14.4 Å². The quantitative estimate of drug-likeness (QED) is 0.586. The van der Waals surface area contributed by atoms with E-state index in [1.165, 1.54) is 5.56 Å². The lowest BCUT2D eigenvalue weighted by Gasteiger charge is -2.30. The summed E-state index contributed by atoms with van der Waals surface area (Å²) in [5, 5.41) is 0. The number of ether oxygens (including phenoxy) is 2. The average molecular weight is 401 g/mol. The Bertz CT molecular complexity index is 1050. The topological polar surface area (TPSA) is 55.8 Å². The van der Waals surface area contributed by atoms with Gasteiger partial charge in [-0.15, -0.1) is 0 Å². The maximum Gasteiger partial charge on any atom is 0.339 e. The highest BCUT2D eigenvalue weighted by Crippen LogP contribution is 2.23. The number of amides is 1. The Labute approximate surface area is 175 Å². The molecule has 1 amide bonds. The van der Waals surface area contributed by atoms with Crippen LogP contribution in [-0.4, -0.2) is 29.4 Å². The molecular formula is C25H23NO4. The van der Waals surface area contributed by atoms with Crippen molar-refractivity contribution in [1.82, 2.24) is 4.90 Å². The number of carbonyl (C=O) groups is 2. The molecule has 152 valence electrons. The van der Waals surface area contributed by atoms with Crippen LogP contribution in [-0.2, 0) is 22.5 Å². The number of carbonyl (C=O) groups excluding carboxylic acids is 2. The Morgan fingerprint density at radius 1 is 0.867 bits per heavy atom. The molecule has 0 N–H and O–H groups in total. The van der Waals surface area contributed by atoms with E-state index in [-0.39, 0.29) is 5.91 Å². The highest BCUT2D eigenvalue weighted by atomic mass is 16.5. The molecule has 1 aliphatic rings. The highest BCUT2D eigenvalue weighted by Gasteiger charge is 2.27. The van der Waals surface area contributed by atoms with Crippen molar-refractivity contribution in [2.24, 2.45) is 0 Å². The Morgan fingerprint density at radius 2 is 1.57 bits per heavy atom. The maximum absolute atomic E-state index is 12.8. The second kappa shape index (κ2) is 8.82. The van der Waals surface area contributed by atoms with Gasteiger partial charge in [0.2, 0.25) is 0 Å². The van der Waals surface area contributed by atoms with Crippen molar-refractivity contribution >= 4 is 11.9 Å². The summed E-state index contributed by atoms with van der Waals surface area (Å²) in [4.78, 5) is 27.1. The van der Waals surface area contributed by atoms with Crippen LogP contribution in [0.15, 0.2) is 78.9 Å². The predicted octanol–water partition coefficient (Wildman–Crippen LogP) is 4.61. The fraction of sp³-hybridized carbons (Fsp3) is 0.200. The number of nitrogens with zero attached hydrogens (tertiary/aromatic N) is 1. The summed E-state index contributed by atoms with van der Waals surface area (Å²) in [6.07, 6.45) is -0.0528. The Balaban J connectivity index is 1.39. The number of benzene rings is 3. The first-order chi connectivity index (χ1) is 14.6. The molecule has 4 rings (SSSR count). The molecule has 0 aromatic heterocycles. The molecule has 0 bridgehead atoms. The Morgan fingerprint density at radius 3 is 2.37 bits per heavy atom. The maximum atomic E-state index is 12.8. The van der Waals surface area contributed by atoms with Gasteiger partial charge >= 0.3 is 5.97 Å². The van der Waals surface area contributed by atoms with Crippen LogP contribution in [0.3, 0.4) is 0 Å². The summed E-state index contributed by atoms with van der Waals surface area (Å²) in [6, 6.07) is 24.2. The smallest absolute Gasteiger partial charge is 0.339 e. The van der Waals surface area contributed by atoms with Crippen LogP contribution in [0.4, 0.5) is 0 Å². The highest BCUT2D eigenvalue weighted by molar-refractivity contribution is 5.92. The number of hydrogen-bond acceptors (Lipinski definition) is 4. The van der Waals surface area contributed by atoms with Crippen molar-refractivity contribution in [1.29, 1.82) is 0 Å². The van der Waals surface area contributed by atoms with Crippen LogP contribution in [0.5, 0.6) is 11.5 Å². The minimum atomic E-state index is -0.860. The zero-order valence-electron chi connectivity index (χ0n) is 16.8. The predicted molar refractivity (Wildman–Crippen MR) is 113 cm³/mol. The van der Waals surface area contributed by atoms with Crippen molar-refractivity contribution < 1.29 is 19.1 Å². The minimum Gasteiger partial charge on any atom is -0.457 e. The van der Waals surface area contributed by atoms with E-state index in [0.29, 0.717) is 30.2 Å². The summed E-state index contributed by atoms with van der Waals surface area (Å²) in [7, 11) is 0. The molecule has 0 radical (unpaired) electrons. The molecule has 0 spiro atoms. The van der Waals surface area contributed by atoms with Gasteiger partial charge in [-0.1, -0.05) is 48.5 Å². The largest absolute Gasteiger partial charge is 0.457 e. The first-order valence-corrected chi connectivity index (χ1v) is 9.99. The van der Waals surface area contributed by atoms with Crippen LogP contribution in [0.2, 0.25) is 0 Å². The summed E-state index contributed by atoms with van der Waals surface area (Å²) in [6.45, 7) is 2.78. The molecule has 30 heavy (non-hydrogen) atoms. The van der Waals surface area contributed by atoms with Crippen LogP contribution < -0.4 is 4.74 Å². The van der Waals surface area contributed by atoms with E-state index in [9.17, 15) is 9.59 Å². The van der Waals surface area contributed by atoms with Crippen molar-refractivity contribution in [3.63, 3.8) is 0 Å². The molecule has 1 heterocycles. The van der Waals surface area contributed by atoms with Gasteiger partial charge in [-0.05, 0) is 54.8 Å². The third kappa shape index (κ3) is 4.51. The van der Waals surface area contributed by atoms with Crippen LogP contribution in [0.25, 0.3) is 0 Å².